The SMILES string of the molecule is C=CCn1c(C)cc(C(=O)COc2ccccc2NC(C)=O)c1C. The molecule has 0 spiro atoms. The second-order valence-electron chi connectivity index (χ2n) is 5.57. The van der Waals surface area contributed by atoms with Crippen molar-refractivity contribution in [2.24, 2.45) is 0 Å². The number of benzene rings is 1. The Bertz CT molecular complexity index is 775. The molecule has 1 N–H and O–H groups in total. The normalized spacial score (nSPS) is 10.3. The Morgan fingerprint density at radius 2 is 2.00 bits per heavy atom. The van der Waals surface area contributed by atoms with E-state index in [0.717, 1.165) is 11.4 Å². The van der Waals surface area contributed by atoms with Crippen molar-refractivity contribution in [2.75, 3.05) is 11.9 Å². The maximum Gasteiger partial charge on any atom is 0.221 e. The highest BCUT2D eigenvalue weighted by molar-refractivity contribution is 5.98. The van der Waals surface area contributed by atoms with E-state index in [0.29, 0.717) is 23.5 Å². The Balaban J connectivity index is 2.13. The van der Waals surface area contributed by atoms with Crippen LogP contribution in [0.3, 0.4) is 0 Å². The predicted molar refractivity (Wildman–Crippen MR) is 94.7 cm³/mol. The van der Waals surface area contributed by atoms with Crippen LogP contribution in [-0.4, -0.2) is 22.9 Å². The van der Waals surface area contributed by atoms with E-state index in [2.05, 4.69) is 11.9 Å². The number of aromatic nitrogens is 1. The van der Waals surface area contributed by atoms with Crippen molar-refractivity contribution in [3.63, 3.8) is 0 Å². The number of hydrogen-bond donors (Lipinski definition) is 1. The van der Waals surface area contributed by atoms with Gasteiger partial charge in [0.25, 0.3) is 0 Å². The van der Waals surface area contributed by atoms with Gasteiger partial charge in [-0.1, -0.05) is 18.2 Å². The summed E-state index contributed by atoms with van der Waals surface area (Å²) in [5.41, 5.74) is 3.10. The van der Waals surface area contributed by atoms with Gasteiger partial charge in [-0.25, -0.2) is 0 Å². The van der Waals surface area contributed by atoms with Gasteiger partial charge in [-0.15, -0.1) is 6.58 Å². The molecule has 5 nitrogen and oxygen atoms in total. The Labute approximate surface area is 141 Å². The van der Waals surface area contributed by atoms with Crippen molar-refractivity contribution in [3.05, 3.63) is 59.9 Å². The van der Waals surface area contributed by atoms with E-state index in [1.165, 1.54) is 6.92 Å². The highest BCUT2D eigenvalue weighted by Crippen LogP contribution is 2.24. The molecule has 0 bridgehead atoms. The first kappa shape index (κ1) is 17.5. The smallest absolute Gasteiger partial charge is 0.221 e. The van der Waals surface area contributed by atoms with Crippen molar-refractivity contribution in [3.8, 4) is 5.75 Å². The number of amides is 1. The summed E-state index contributed by atoms with van der Waals surface area (Å²) < 4.78 is 7.66. The quantitative estimate of drug-likeness (QED) is 0.625. The van der Waals surface area contributed by atoms with Crippen LogP contribution in [0.1, 0.15) is 28.7 Å². The lowest BCUT2D eigenvalue weighted by molar-refractivity contribution is -0.114. The van der Waals surface area contributed by atoms with E-state index in [9.17, 15) is 9.59 Å². The van der Waals surface area contributed by atoms with Crippen molar-refractivity contribution in [1.29, 1.82) is 0 Å². The molecule has 2 aromatic rings. The maximum absolute atomic E-state index is 12.5. The number of rotatable bonds is 7. The zero-order valence-electron chi connectivity index (χ0n) is 14.3. The lowest BCUT2D eigenvalue weighted by atomic mass is 10.1. The molecule has 0 radical (unpaired) electrons. The largest absolute Gasteiger partial charge is 0.483 e. The molecule has 0 fully saturated rings. The number of aryl methyl sites for hydroxylation is 1. The average Bonchev–Trinajstić information content (AvgIpc) is 2.82. The van der Waals surface area contributed by atoms with Gasteiger partial charge < -0.3 is 14.6 Å². The lowest BCUT2D eigenvalue weighted by Gasteiger charge is -2.11. The summed E-state index contributed by atoms with van der Waals surface area (Å²) in [7, 11) is 0. The fraction of sp³-hybridized carbons (Fsp3) is 0.263. The van der Waals surface area contributed by atoms with Gasteiger partial charge >= 0.3 is 0 Å². The van der Waals surface area contributed by atoms with E-state index in [1.807, 2.05) is 24.5 Å². The molecule has 0 saturated carbocycles. The number of hydrogen-bond acceptors (Lipinski definition) is 3. The number of ether oxygens (including phenoxy) is 1. The van der Waals surface area contributed by atoms with E-state index in [1.54, 1.807) is 30.3 Å². The monoisotopic (exact) mass is 326 g/mol. The molecule has 1 aromatic carbocycles. The Morgan fingerprint density at radius 1 is 1.29 bits per heavy atom. The number of carbonyl (C=O) groups is 2. The molecule has 1 heterocycles. The van der Waals surface area contributed by atoms with Crippen LogP contribution in [0.5, 0.6) is 5.75 Å². The molecule has 126 valence electrons. The van der Waals surface area contributed by atoms with Crippen LogP contribution in [0.4, 0.5) is 5.69 Å². The van der Waals surface area contributed by atoms with Gasteiger partial charge in [0.15, 0.2) is 6.61 Å². The third kappa shape index (κ3) is 3.93. The summed E-state index contributed by atoms with van der Waals surface area (Å²) in [5, 5.41) is 2.69. The number of carbonyl (C=O) groups excluding carboxylic acids is 2. The van der Waals surface area contributed by atoms with Crippen LogP contribution in [0.2, 0.25) is 0 Å². The summed E-state index contributed by atoms with van der Waals surface area (Å²) in [6, 6.07) is 8.91. The standard InChI is InChI=1S/C19H22N2O3/c1-5-10-21-13(2)11-16(14(21)3)18(23)12-24-19-9-7-6-8-17(19)20-15(4)22/h5-9,11H,1,10,12H2,2-4H3,(H,20,22). The number of para-hydroxylation sites is 2. The number of nitrogens with zero attached hydrogens (tertiary/aromatic N) is 1. The van der Waals surface area contributed by atoms with Gasteiger partial charge in [0, 0.05) is 30.4 Å². The molecule has 1 aromatic heterocycles. The first-order chi connectivity index (χ1) is 11.4. The number of anilines is 1. The van der Waals surface area contributed by atoms with Gasteiger partial charge in [-0.05, 0) is 32.0 Å². The van der Waals surface area contributed by atoms with E-state index >= 15 is 0 Å². The molecule has 2 rings (SSSR count). The van der Waals surface area contributed by atoms with E-state index < -0.39 is 0 Å². The number of nitrogens with one attached hydrogen (secondary N) is 1. The van der Waals surface area contributed by atoms with E-state index in [4.69, 9.17) is 4.74 Å². The summed E-state index contributed by atoms with van der Waals surface area (Å²) in [4.78, 5) is 23.7. The molecule has 0 saturated heterocycles. The number of Topliss-reactive ketones (excluding diaryl/α,β-unsaturated/α-hetero) is 1. The zero-order valence-corrected chi connectivity index (χ0v) is 14.3. The minimum absolute atomic E-state index is 0.0883. The first-order valence-corrected chi connectivity index (χ1v) is 7.74. The van der Waals surface area contributed by atoms with Gasteiger partial charge in [0.05, 0.1) is 5.69 Å². The highest BCUT2D eigenvalue weighted by atomic mass is 16.5. The van der Waals surface area contributed by atoms with Gasteiger partial charge in [-0.3, -0.25) is 9.59 Å². The van der Waals surface area contributed by atoms with E-state index in [-0.39, 0.29) is 18.3 Å². The topological polar surface area (TPSA) is 60.3 Å². The van der Waals surface area contributed by atoms with Crippen LogP contribution in [0, 0.1) is 13.8 Å². The molecular weight excluding hydrogens is 304 g/mol. The fourth-order valence-electron chi connectivity index (χ4n) is 2.60. The van der Waals surface area contributed by atoms with Crippen molar-refractivity contribution in [1.82, 2.24) is 4.57 Å². The van der Waals surface area contributed by atoms with Crippen LogP contribution < -0.4 is 10.1 Å². The van der Waals surface area contributed by atoms with Crippen LogP contribution in [-0.2, 0) is 11.3 Å². The lowest BCUT2D eigenvalue weighted by Crippen LogP contribution is -2.14. The Morgan fingerprint density at radius 3 is 2.67 bits per heavy atom. The summed E-state index contributed by atoms with van der Waals surface area (Å²) >= 11 is 0. The molecule has 0 aliphatic rings. The summed E-state index contributed by atoms with van der Waals surface area (Å²) in [6.45, 7) is 9.61. The van der Waals surface area contributed by atoms with Crippen molar-refractivity contribution in [2.45, 2.75) is 27.3 Å². The minimum atomic E-state index is -0.189. The predicted octanol–water partition coefficient (Wildman–Crippen LogP) is 3.51. The molecule has 24 heavy (non-hydrogen) atoms. The minimum Gasteiger partial charge on any atom is -0.483 e. The second-order valence-corrected chi connectivity index (χ2v) is 5.57. The third-order valence-electron chi connectivity index (χ3n) is 3.74. The molecule has 0 unspecified atom stereocenters. The van der Waals surface area contributed by atoms with Crippen molar-refractivity contribution < 1.29 is 14.3 Å². The van der Waals surface area contributed by atoms with Crippen molar-refractivity contribution >= 4 is 17.4 Å². The Kier molecular flexibility index (Phi) is 5.58. The molecule has 0 aliphatic heterocycles. The highest BCUT2D eigenvalue weighted by Gasteiger charge is 2.16. The second kappa shape index (κ2) is 7.64. The zero-order chi connectivity index (χ0) is 17.7. The third-order valence-corrected chi connectivity index (χ3v) is 3.74. The number of ketones is 1. The Hall–Kier alpha value is -2.82. The fourth-order valence-corrected chi connectivity index (χ4v) is 2.60. The summed E-state index contributed by atoms with van der Waals surface area (Å²) in [6.07, 6.45) is 1.80. The summed E-state index contributed by atoms with van der Waals surface area (Å²) in [5.74, 6) is 0.183. The molecule has 0 aliphatic carbocycles. The number of allylic oxidation sites excluding steroid dienone is 1. The van der Waals surface area contributed by atoms with Gasteiger partial charge in [-0.2, -0.15) is 0 Å². The maximum atomic E-state index is 12.5. The average molecular weight is 326 g/mol. The molecule has 1 amide bonds. The van der Waals surface area contributed by atoms with Crippen LogP contribution >= 0.6 is 0 Å². The molecular formula is C19H22N2O3. The van der Waals surface area contributed by atoms with Gasteiger partial charge in [0.2, 0.25) is 11.7 Å². The van der Waals surface area contributed by atoms with Gasteiger partial charge in [0.1, 0.15) is 5.75 Å². The molecule has 0 atom stereocenters. The molecule has 5 heteroatoms. The van der Waals surface area contributed by atoms with Crippen LogP contribution in [0.15, 0.2) is 43.0 Å². The van der Waals surface area contributed by atoms with Crippen LogP contribution in [0.25, 0.3) is 0 Å². The first-order valence-electron chi connectivity index (χ1n) is 7.74.